The predicted molar refractivity (Wildman–Crippen MR) is 194 cm³/mol. The molecule has 0 aromatic heterocycles. The topological polar surface area (TPSA) is 80.6 Å². The average Bonchev–Trinajstić information content (AvgIpc) is 3.70. The summed E-state index contributed by atoms with van der Waals surface area (Å²) in [5.74, 6) is 1.82. The fourth-order valence-corrected chi connectivity index (χ4v) is 14.6. The van der Waals surface area contributed by atoms with Crippen LogP contribution in [0.15, 0.2) is 30.3 Å². The van der Waals surface area contributed by atoms with E-state index in [-0.39, 0.29) is 40.8 Å². The highest BCUT2D eigenvalue weighted by molar-refractivity contribution is 5.33. The molecule has 280 valence electrons. The van der Waals surface area contributed by atoms with Crippen LogP contribution in [0.1, 0.15) is 112 Å². The highest BCUT2D eigenvalue weighted by atomic mass is 16.7. The van der Waals surface area contributed by atoms with E-state index in [0.29, 0.717) is 41.1 Å². The van der Waals surface area contributed by atoms with Gasteiger partial charge in [0.15, 0.2) is 6.29 Å². The smallest absolute Gasteiger partial charge is 0.170 e. The lowest BCUT2D eigenvalue weighted by molar-refractivity contribution is -0.249. The maximum atomic E-state index is 12.6. The Morgan fingerprint density at radius 1 is 1.00 bits per heavy atom. The number of hydrogen-bond acceptors (Lipinski definition) is 7. The van der Waals surface area contributed by atoms with E-state index >= 15 is 0 Å². The molecule has 0 bridgehead atoms. The van der Waals surface area contributed by atoms with Crippen LogP contribution in [0.3, 0.4) is 0 Å². The number of nitrogens with zero attached hydrogens (tertiary/aromatic N) is 1. The number of morpholine rings is 1. The van der Waals surface area contributed by atoms with Gasteiger partial charge in [0.25, 0.3) is 0 Å². The van der Waals surface area contributed by atoms with Crippen molar-refractivity contribution in [2.24, 2.45) is 50.7 Å². The molecule has 7 aliphatic rings. The molecule has 7 nitrogen and oxygen atoms in total. The Balaban J connectivity index is 1.00. The van der Waals surface area contributed by atoms with Crippen molar-refractivity contribution in [1.29, 1.82) is 0 Å². The van der Waals surface area contributed by atoms with Gasteiger partial charge in [0.05, 0.1) is 36.6 Å². The minimum Gasteiger partial charge on any atom is -0.390 e. The molecule has 8 rings (SSSR count). The fraction of sp³-hybridized carbons (Fsp3) is 0.860. The Morgan fingerprint density at radius 2 is 1.72 bits per heavy atom. The molecule has 14 atom stereocenters. The van der Waals surface area contributed by atoms with Crippen LogP contribution in [-0.2, 0) is 25.5 Å². The Kier molecular flexibility index (Phi) is 8.79. The second-order valence-electron chi connectivity index (χ2n) is 19.7. The molecular formula is C43H67NO6. The van der Waals surface area contributed by atoms with Gasteiger partial charge in [-0.15, -0.1) is 0 Å². The largest absolute Gasteiger partial charge is 0.390 e. The van der Waals surface area contributed by atoms with Crippen LogP contribution in [0.2, 0.25) is 0 Å². The van der Waals surface area contributed by atoms with Crippen molar-refractivity contribution in [2.75, 3.05) is 26.3 Å². The number of ether oxygens (including phenoxy) is 4. The lowest BCUT2D eigenvalue weighted by Gasteiger charge is -2.64. The van der Waals surface area contributed by atoms with Crippen molar-refractivity contribution in [3.63, 3.8) is 0 Å². The quantitative estimate of drug-likeness (QED) is 0.298. The van der Waals surface area contributed by atoms with Crippen LogP contribution >= 0.6 is 0 Å². The molecule has 5 aliphatic carbocycles. The van der Waals surface area contributed by atoms with Gasteiger partial charge < -0.3 is 29.2 Å². The van der Waals surface area contributed by atoms with E-state index in [1.807, 2.05) is 20.8 Å². The lowest BCUT2D eigenvalue weighted by Crippen LogP contribution is -2.60. The molecule has 1 unspecified atom stereocenters. The number of hydrogen-bond donors (Lipinski definition) is 2. The first-order chi connectivity index (χ1) is 23.6. The van der Waals surface area contributed by atoms with Crippen LogP contribution in [0.25, 0.3) is 0 Å². The van der Waals surface area contributed by atoms with E-state index in [9.17, 15) is 10.2 Å². The number of rotatable bonds is 8. The molecule has 2 aliphatic heterocycles. The summed E-state index contributed by atoms with van der Waals surface area (Å²) in [6, 6.07) is 10.8. The Labute approximate surface area is 302 Å². The maximum absolute atomic E-state index is 12.6. The Morgan fingerprint density at radius 3 is 2.44 bits per heavy atom. The van der Waals surface area contributed by atoms with Crippen LogP contribution in [-0.4, -0.2) is 83.8 Å². The number of aliphatic hydroxyl groups excluding tert-OH is 1. The fourth-order valence-electron chi connectivity index (χ4n) is 14.6. The average molecular weight is 694 g/mol. The molecular weight excluding hydrogens is 626 g/mol. The first-order valence-electron chi connectivity index (χ1n) is 20.3. The van der Waals surface area contributed by atoms with Crippen LogP contribution in [0.5, 0.6) is 0 Å². The normalized spacial score (nSPS) is 48.8. The van der Waals surface area contributed by atoms with Crippen molar-refractivity contribution < 1.29 is 29.2 Å². The summed E-state index contributed by atoms with van der Waals surface area (Å²) in [4.78, 5) is 2.49. The second-order valence-corrected chi connectivity index (χ2v) is 19.7. The minimum atomic E-state index is -1.01. The molecule has 0 amide bonds. The van der Waals surface area contributed by atoms with E-state index in [4.69, 9.17) is 18.9 Å². The second kappa shape index (κ2) is 12.2. The SMILES string of the molecule is CCO[C@@H]([C@H]1C[C@@H](C)[C@H]2[C@H](O1)[C@H](O)[C@@]1(C)[C@@H]3CC[C@H]4C(C)(C)C(O[C@H]5CN(Cc6ccccc6)CCO5)CC[C@@]45C[C@@]35CC[C@]21C)C(C)(C)O. The molecule has 5 saturated carbocycles. The zero-order valence-corrected chi connectivity index (χ0v) is 32.3. The van der Waals surface area contributed by atoms with Gasteiger partial charge in [-0.05, 0) is 123 Å². The van der Waals surface area contributed by atoms with Crippen LogP contribution in [0, 0.1) is 50.7 Å². The molecule has 7 fully saturated rings. The van der Waals surface area contributed by atoms with E-state index in [1.165, 1.54) is 44.1 Å². The van der Waals surface area contributed by atoms with E-state index < -0.39 is 17.8 Å². The van der Waals surface area contributed by atoms with Crippen molar-refractivity contribution in [1.82, 2.24) is 4.90 Å². The predicted octanol–water partition coefficient (Wildman–Crippen LogP) is 7.22. The Bertz CT molecular complexity index is 1400. The van der Waals surface area contributed by atoms with Gasteiger partial charge in [0, 0.05) is 31.7 Å². The third kappa shape index (κ3) is 5.06. The van der Waals surface area contributed by atoms with Crippen LogP contribution < -0.4 is 0 Å². The molecule has 0 radical (unpaired) electrons. The van der Waals surface area contributed by atoms with Crippen LogP contribution in [0.4, 0.5) is 0 Å². The maximum Gasteiger partial charge on any atom is 0.170 e. The molecule has 2 spiro atoms. The van der Waals surface area contributed by atoms with Gasteiger partial charge in [-0.1, -0.05) is 65.0 Å². The zero-order valence-electron chi connectivity index (χ0n) is 32.3. The van der Waals surface area contributed by atoms with Gasteiger partial charge in [-0.25, -0.2) is 0 Å². The third-order valence-electron chi connectivity index (χ3n) is 16.8. The molecule has 2 saturated heterocycles. The standard InChI is InChI=1S/C43H67NO6/c1-9-47-37(39(5,6)46)29-23-27(2)34-35(49-29)36(45)41(8)31-16-15-30-38(3,4)32(17-18-42(30)26-43(31,42)20-19-40(34,41)7)50-33-25-44(21-22-48-33)24-28-13-11-10-12-14-28/h10-14,27,29-37,45-46H,9,15-26H2,1-8H3/t27-,29-,30+,31+,32?,33+,34+,35+,36+,37+,40-,41-,42-,43+/m1/s1. The highest BCUT2D eigenvalue weighted by Gasteiger charge is 2.84. The monoisotopic (exact) mass is 693 g/mol. The van der Waals surface area contributed by atoms with Crippen molar-refractivity contribution in [2.45, 2.75) is 156 Å². The van der Waals surface area contributed by atoms with Gasteiger partial charge in [-0.2, -0.15) is 0 Å². The molecule has 7 heteroatoms. The summed E-state index contributed by atoms with van der Waals surface area (Å²) >= 11 is 0. The van der Waals surface area contributed by atoms with Crippen molar-refractivity contribution in [3.8, 4) is 0 Å². The molecule has 50 heavy (non-hydrogen) atoms. The molecule has 2 heterocycles. The van der Waals surface area contributed by atoms with E-state index in [2.05, 4.69) is 69.9 Å². The van der Waals surface area contributed by atoms with Crippen molar-refractivity contribution in [3.05, 3.63) is 35.9 Å². The molecule has 2 N–H and O–H groups in total. The summed E-state index contributed by atoms with van der Waals surface area (Å²) < 4.78 is 26.4. The highest BCUT2D eigenvalue weighted by Crippen LogP contribution is 2.89. The summed E-state index contributed by atoms with van der Waals surface area (Å²) in [6.45, 7) is 22.0. The summed E-state index contributed by atoms with van der Waals surface area (Å²) in [5.41, 5.74) is 0.862. The van der Waals surface area contributed by atoms with E-state index in [1.54, 1.807) is 0 Å². The lowest BCUT2D eigenvalue weighted by atomic mass is 9.41. The van der Waals surface area contributed by atoms with Crippen molar-refractivity contribution >= 4 is 0 Å². The number of benzene rings is 1. The zero-order chi connectivity index (χ0) is 35.5. The van der Waals surface area contributed by atoms with Gasteiger partial charge in [0.2, 0.25) is 0 Å². The Hall–Kier alpha value is -1.06. The van der Waals surface area contributed by atoms with Gasteiger partial charge in [-0.3, -0.25) is 4.90 Å². The van der Waals surface area contributed by atoms with Gasteiger partial charge >= 0.3 is 0 Å². The third-order valence-corrected chi connectivity index (χ3v) is 16.8. The first kappa shape index (κ1) is 35.9. The summed E-state index contributed by atoms with van der Waals surface area (Å²) in [6.07, 6.45) is 7.98. The summed E-state index contributed by atoms with van der Waals surface area (Å²) in [5, 5.41) is 23.7. The van der Waals surface area contributed by atoms with Gasteiger partial charge in [0.1, 0.15) is 6.10 Å². The minimum absolute atomic E-state index is 0.0175. The number of aliphatic hydroxyl groups is 2. The molecule has 1 aromatic rings. The summed E-state index contributed by atoms with van der Waals surface area (Å²) in [7, 11) is 0. The first-order valence-corrected chi connectivity index (χ1v) is 20.3. The van der Waals surface area contributed by atoms with E-state index in [0.717, 1.165) is 39.1 Å². The number of fused-ring (bicyclic) bond motifs is 4. The molecule has 1 aromatic carbocycles.